The van der Waals surface area contributed by atoms with Gasteiger partial charge < -0.3 is 21.1 Å². The first-order valence-electron chi connectivity index (χ1n) is 4.57. The van der Waals surface area contributed by atoms with Gasteiger partial charge in [-0.15, -0.1) is 0 Å². The third-order valence-corrected chi connectivity index (χ3v) is 2.25. The Labute approximate surface area is 95.1 Å². The number of phenols is 1. The summed E-state index contributed by atoms with van der Waals surface area (Å²) >= 11 is 0. The molecule has 1 aromatic carbocycles. The largest absolute Gasteiger partial charge is 0.504 e. The van der Waals surface area contributed by atoms with Crippen molar-refractivity contribution in [3.63, 3.8) is 0 Å². The van der Waals surface area contributed by atoms with Crippen molar-refractivity contribution >= 4 is 11.9 Å². The minimum atomic E-state index is -1.55. The number of halogens is 1. The molecule has 1 aromatic rings. The van der Waals surface area contributed by atoms with Crippen LogP contribution in [0, 0.1) is 5.82 Å². The van der Waals surface area contributed by atoms with Crippen LogP contribution in [0.25, 0.3) is 0 Å². The molecule has 0 bridgehead atoms. The zero-order chi connectivity index (χ0) is 13.2. The first kappa shape index (κ1) is 12.9. The molecule has 0 fully saturated rings. The number of aliphatic carboxylic acids is 1. The van der Waals surface area contributed by atoms with Crippen LogP contribution < -0.4 is 5.73 Å². The van der Waals surface area contributed by atoms with E-state index >= 15 is 0 Å². The van der Waals surface area contributed by atoms with Gasteiger partial charge in [-0.25, -0.2) is 9.18 Å². The van der Waals surface area contributed by atoms with Crippen LogP contribution in [0.2, 0.25) is 0 Å². The van der Waals surface area contributed by atoms with Gasteiger partial charge in [-0.3, -0.25) is 4.79 Å². The predicted molar refractivity (Wildman–Crippen MR) is 54.5 cm³/mol. The van der Waals surface area contributed by atoms with E-state index in [-0.39, 0.29) is 12.1 Å². The lowest BCUT2D eigenvalue weighted by molar-refractivity contribution is -0.138. The van der Waals surface area contributed by atoms with E-state index in [0.717, 1.165) is 12.1 Å². The lowest BCUT2D eigenvalue weighted by Gasteiger charge is -2.12. The van der Waals surface area contributed by atoms with E-state index in [9.17, 15) is 14.0 Å². The molecule has 0 aliphatic heterocycles. The number of nitrogens with two attached hydrogens (primary N) is 1. The van der Waals surface area contributed by atoms with E-state index in [0.29, 0.717) is 0 Å². The fraction of sp³-hybridized carbons (Fsp3) is 0.200. The second-order valence-corrected chi connectivity index (χ2v) is 3.33. The predicted octanol–water partition coefficient (Wildman–Crippen LogP) is 0.356. The third-order valence-electron chi connectivity index (χ3n) is 2.25. The monoisotopic (exact) mass is 243 g/mol. The highest BCUT2D eigenvalue weighted by molar-refractivity contribution is 5.91. The molecule has 6 nitrogen and oxygen atoms in total. The minimum Gasteiger partial charge on any atom is -0.504 e. The van der Waals surface area contributed by atoms with Crippen LogP contribution in [0.15, 0.2) is 12.1 Å². The van der Waals surface area contributed by atoms with Crippen LogP contribution in [-0.4, -0.2) is 33.8 Å². The van der Waals surface area contributed by atoms with Crippen LogP contribution in [0.4, 0.5) is 4.39 Å². The summed E-state index contributed by atoms with van der Waals surface area (Å²) < 4.78 is 13.2. The number of aromatic hydroxyl groups is 1. The molecule has 7 heteroatoms. The summed E-state index contributed by atoms with van der Waals surface area (Å²) in [6.07, 6.45) is 0. The van der Waals surface area contributed by atoms with Crippen molar-refractivity contribution in [3.05, 3.63) is 29.1 Å². The Hall–Kier alpha value is -2.15. The van der Waals surface area contributed by atoms with Gasteiger partial charge in [0.05, 0.1) is 5.92 Å². The van der Waals surface area contributed by atoms with Crippen LogP contribution in [0.3, 0.4) is 0 Å². The molecule has 0 saturated heterocycles. The number of carboxylic acids is 2. The molecule has 92 valence electrons. The molecule has 0 heterocycles. The molecule has 17 heavy (non-hydrogen) atoms. The first-order chi connectivity index (χ1) is 7.88. The lowest BCUT2D eigenvalue weighted by atomic mass is 9.96. The molecule has 0 aliphatic rings. The van der Waals surface area contributed by atoms with E-state index < -0.39 is 35.0 Å². The summed E-state index contributed by atoms with van der Waals surface area (Å²) in [5.41, 5.74) is 4.41. The maximum atomic E-state index is 13.2. The Balaban J connectivity index is 3.36. The zero-order valence-electron chi connectivity index (χ0n) is 8.55. The second kappa shape index (κ2) is 4.79. The van der Waals surface area contributed by atoms with Gasteiger partial charge in [-0.2, -0.15) is 0 Å². The summed E-state index contributed by atoms with van der Waals surface area (Å²) in [6, 6.07) is 1.65. The lowest BCUT2D eigenvalue weighted by Crippen LogP contribution is -2.21. The van der Waals surface area contributed by atoms with Crippen molar-refractivity contribution in [3.8, 4) is 5.75 Å². The maximum absolute atomic E-state index is 13.2. The molecule has 0 amide bonds. The normalized spacial score (nSPS) is 12.1. The smallest absolute Gasteiger partial charge is 0.339 e. The van der Waals surface area contributed by atoms with Crippen molar-refractivity contribution in [2.45, 2.75) is 5.92 Å². The quantitative estimate of drug-likeness (QED) is 0.605. The molecule has 5 N–H and O–H groups in total. The highest BCUT2D eigenvalue weighted by Crippen LogP contribution is 2.27. The van der Waals surface area contributed by atoms with Crippen molar-refractivity contribution in [1.82, 2.24) is 0 Å². The Morgan fingerprint density at radius 2 is 1.94 bits per heavy atom. The van der Waals surface area contributed by atoms with Gasteiger partial charge >= 0.3 is 11.9 Å². The molecular formula is C10H10FNO5. The van der Waals surface area contributed by atoms with Gasteiger partial charge in [-0.05, 0) is 17.7 Å². The number of hydrogen-bond acceptors (Lipinski definition) is 4. The Morgan fingerprint density at radius 1 is 1.35 bits per heavy atom. The van der Waals surface area contributed by atoms with Crippen LogP contribution in [0.1, 0.15) is 21.8 Å². The Morgan fingerprint density at radius 3 is 2.35 bits per heavy atom. The average Bonchev–Trinajstić information content (AvgIpc) is 2.22. The van der Waals surface area contributed by atoms with Gasteiger partial charge in [0.15, 0.2) is 11.6 Å². The summed E-state index contributed by atoms with van der Waals surface area (Å²) in [7, 11) is 0. The van der Waals surface area contributed by atoms with E-state index in [1.807, 2.05) is 0 Å². The zero-order valence-corrected chi connectivity index (χ0v) is 8.55. The fourth-order valence-electron chi connectivity index (χ4n) is 1.36. The van der Waals surface area contributed by atoms with Crippen LogP contribution >= 0.6 is 0 Å². The highest BCUT2D eigenvalue weighted by atomic mass is 19.1. The summed E-state index contributed by atoms with van der Waals surface area (Å²) in [5, 5.41) is 26.7. The Kier molecular flexibility index (Phi) is 3.64. The molecule has 1 atom stereocenters. The molecule has 1 rings (SSSR count). The van der Waals surface area contributed by atoms with E-state index in [2.05, 4.69) is 0 Å². The van der Waals surface area contributed by atoms with Gasteiger partial charge in [0.1, 0.15) is 5.56 Å². The van der Waals surface area contributed by atoms with Crippen LogP contribution in [-0.2, 0) is 4.79 Å². The molecule has 0 saturated carbocycles. The first-order valence-corrected chi connectivity index (χ1v) is 4.57. The number of carboxylic acid groups (broad SMARTS) is 2. The van der Waals surface area contributed by atoms with E-state index in [1.54, 1.807) is 0 Å². The third kappa shape index (κ3) is 2.51. The number of benzene rings is 1. The van der Waals surface area contributed by atoms with Gasteiger partial charge in [0.25, 0.3) is 0 Å². The van der Waals surface area contributed by atoms with Gasteiger partial charge in [-0.1, -0.05) is 0 Å². The Bertz CT molecular complexity index is 474. The van der Waals surface area contributed by atoms with Crippen molar-refractivity contribution in [2.24, 2.45) is 5.73 Å². The molecule has 0 radical (unpaired) electrons. The number of hydrogen-bond donors (Lipinski definition) is 4. The van der Waals surface area contributed by atoms with E-state index in [4.69, 9.17) is 21.1 Å². The topological polar surface area (TPSA) is 121 Å². The van der Waals surface area contributed by atoms with Crippen molar-refractivity contribution in [1.29, 1.82) is 0 Å². The fourth-order valence-corrected chi connectivity index (χ4v) is 1.36. The number of carbonyl (C=O) groups is 2. The van der Waals surface area contributed by atoms with Crippen molar-refractivity contribution in [2.75, 3.05) is 6.54 Å². The SMILES string of the molecule is NCC(C(=O)O)c1cc(F)c(O)c(C(=O)O)c1. The summed E-state index contributed by atoms with van der Waals surface area (Å²) in [5.74, 6) is -6.29. The highest BCUT2D eigenvalue weighted by Gasteiger charge is 2.23. The van der Waals surface area contributed by atoms with Gasteiger partial charge in [0.2, 0.25) is 0 Å². The number of aromatic carboxylic acids is 1. The molecule has 0 aromatic heterocycles. The average molecular weight is 243 g/mol. The summed E-state index contributed by atoms with van der Waals surface area (Å²) in [6.45, 7) is -0.307. The van der Waals surface area contributed by atoms with E-state index in [1.165, 1.54) is 0 Å². The molecule has 1 unspecified atom stereocenters. The van der Waals surface area contributed by atoms with Crippen molar-refractivity contribution < 1.29 is 29.3 Å². The minimum absolute atomic E-state index is 0.104. The molecule has 0 spiro atoms. The van der Waals surface area contributed by atoms with Gasteiger partial charge in [0, 0.05) is 6.54 Å². The molecule has 0 aliphatic carbocycles. The second-order valence-electron chi connectivity index (χ2n) is 3.33. The summed E-state index contributed by atoms with van der Waals surface area (Å²) in [4.78, 5) is 21.5. The maximum Gasteiger partial charge on any atom is 0.339 e. The van der Waals surface area contributed by atoms with Crippen LogP contribution in [0.5, 0.6) is 5.75 Å². The standard InChI is InChI=1S/C10H10FNO5/c11-7-2-4(6(3-12)10(16)17)1-5(8(7)13)9(14)15/h1-2,6,13H,3,12H2,(H,14,15)(H,16,17). The number of rotatable bonds is 4. The molecular weight excluding hydrogens is 233 g/mol.